The standard InChI is InChI=1S/C16H11Cl2N3O/c17-11-6-7-13(14(18)10-11)16(22)20-15-8-9-19-21(15)12-4-2-1-3-5-12/h1-10H,(H,20,22). The summed E-state index contributed by atoms with van der Waals surface area (Å²) in [5.74, 6) is 0.238. The first kappa shape index (κ1) is 14.6. The van der Waals surface area contributed by atoms with Crippen molar-refractivity contribution in [3.8, 4) is 5.69 Å². The molecule has 110 valence electrons. The monoisotopic (exact) mass is 331 g/mol. The lowest BCUT2D eigenvalue weighted by molar-refractivity contribution is 0.102. The molecule has 0 aliphatic rings. The van der Waals surface area contributed by atoms with E-state index in [0.29, 0.717) is 21.4 Å². The predicted molar refractivity (Wildman–Crippen MR) is 88.0 cm³/mol. The minimum atomic E-state index is -0.320. The van der Waals surface area contributed by atoms with E-state index < -0.39 is 0 Å². The summed E-state index contributed by atoms with van der Waals surface area (Å²) in [5, 5.41) is 7.80. The van der Waals surface area contributed by atoms with Crippen molar-refractivity contribution in [1.29, 1.82) is 0 Å². The lowest BCUT2D eigenvalue weighted by Crippen LogP contribution is -2.15. The molecule has 0 fully saturated rings. The number of carbonyl (C=O) groups excluding carboxylic acids is 1. The van der Waals surface area contributed by atoms with Crippen molar-refractivity contribution in [3.63, 3.8) is 0 Å². The van der Waals surface area contributed by atoms with E-state index in [1.54, 1.807) is 29.1 Å². The summed E-state index contributed by atoms with van der Waals surface area (Å²) in [7, 11) is 0. The summed E-state index contributed by atoms with van der Waals surface area (Å²) in [6.45, 7) is 0. The van der Waals surface area contributed by atoms with Crippen molar-refractivity contribution in [2.45, 2.75) is 0 Å². The van der Waals surface area contributed by atoms with E-state index in [4.69, 9.17) is 23.2 Å². The third kappa shape index (κ3) is 2.98. The number of rotatable bonds is 3. The molecule has 0 bridgehead atoms. The molecule has 1 aromatic heterocycles. The molecule has 0 spiro atoms. The van der Waals surface area contributed by atoms with Crippen LogP contribution in [-0.2, 0) is 0 Å². The number of carbonyl (C=O) groups is 1. The topological polar surface area (TPSA) is 46.9 Å². The van der Waals surface area contributed by atoms with Crippen molar-refractivity contribution in [1.82, 2.24) is 9.78 Å². The summed E-state index contributed by atoms with van der Waals surface area (Å²) in [5.41, 5.74) is 1.21. The van der Waals surface area contributed by atoms with Gasteiger partial charge in [0.25, 0.3) is 5.91 Å². The fourth-order valence-electron chi connectivity index (χ4n) is 2.03. The van der Waals surface area contributed by atoms with Gasteiger partial charge in [0, 0.05) is 11.1 Å². The van der Waals surface area contributed by atoms with Crippen LogP contribution in [0.15, 0.2) is 60.8 Å². The molecule has 0 aliphatic carbocycles. The Morgan fingerprint density at radius 1 is 1.05 bits per heavy atom. The zero-order valence-corrected chi connectivity index (χ0v) is 12.8. The summed E-state index contributed by atoms with van der Waals surface area (Å²) in [6, 6.07) is 16.0. The van der Waals surface area contributed by atoms with E-state index in [1.165, 1.54) is 6.07 Å². The molecule has 0 saturated carbocycles. The van der Waals surface area contributed by atoms with Crippen molar-refractivity contribution in [3.05, 3.63) is 76.4 Å². The number of nitrogens with one attached hydrogen (secondary N) is 1. The highest BCUT2D eigenvalue weighted by atomic mass is 35.5. The van der Waals surface area contributed by atoms with E-state index in [2.05, 4.69) is 10.4 Å². The molecule has 0 radical (unpaired) electrons. The molecule has 1 amide bonds. The van der Waals surface area contributed by atoms with Crippen LogP contribution in [0.5, 0.6) is 0 Å². The second-order valence-corrected chi connectivity index (χ2v) is 5.39. The maximum absolute atomic E-state index is 12.3. The number of halogens is 2. The molecule has 4 nitrogen and oxygen atoms in total. The van der Waals surface area contributed by atoms with Gasteiger partial charge in [0.05, 0.1) is 22.5 Å². The quantitative estimate of drug-likeness (QED) is 0.771. The number of hydrogen-bond acceptors (Lipinski definition) is 2. The summed E-state index contributed by atoms with van der Waals surface area (Å²) in [6.07, 6.45) is 1.62. The number of nitrogens with zero attached hydrogens (tertiary/aromatic N) is 2. The molecular formula is C16H11Cl2N3O. The van der Waals surface area contributed by atoms with E-state index >= 15 is 0 Å². The molecule has 0 saturated heterocycles. The molecular weight excluding hydrogens is 321 g/mol. The Morgan fingerprint density at radius 2 is 1.82 bits per heavy atom. The van der Waals surface area contributed by atoms with Crippen LogP contribution in [0.4, 0.5) is 5.82 Å². The van der Waals surface area contributed by atoms with Crippen LogP contribution in [-0.4, -0.2) is 15.7 Å². The molecule has 3 aromatic rings. The minimum absolute atomic E-state index is 0.302. The summed E-state index contributed by atoms with van der Waals surface area (Å²) in [4.78, 5) is 12.3. The maximum atomic E-state index is 12.3. The zero-order valence-electron chi connectivity index (χ0n) is 11.3. The number of hydrogen-bond donors (Lipinski definition) is 1. The van der Waals surface area contributed by atoms with Crippen molar-refractivity contribution in [2.24, 2.45) is 0 Å². The van der Waals surface area contributed by atoms with Crippen LogP contribution in [0, 0.1) is 0 Å². The van der Waals surface area contributed by atoms with Crippen LogP contribution < -0.4 is 5.32 Å². The van der Waals surface area contributed by atoms with Gasteiger partial charge in [0.2, 0.25) is 0 Å². The van der Waals surface area contributed by atoms with E-state index in [0.717, 1.165) is 5.69 Å². The van der Waals surface area contributed by atoms with Crippen LogP contribution in [0.3, 0.4) is 0 Å². The lowest BCUT2D eigenvalue weighted by atomic mass is 10.2. The second kappa shape index (κ2) is 6.22. The highest BCUT2D eigenvalue weighted by Crippen LogP contribution is 2.22. The molecule has 6 heteroatoms. The smallest absolute Gasteiger partial charge is 0.258 e. The highest BCUT2D eigenvalue weighted by molar-refractivity contribution is 6.37. The van der Waals surface area contributed by atoms with E-state index in [1.807, 2.05) is 30.3 Å². The number of amides is 1. The Morgan fingerprint density at radius 3 is 2.55 bits per heavy atom. The Bertz CT molecular complexity index is 815. The lowest BCUT2D eigenvalue weighted by Gasteiger charge is -2.10. The molecule has 3 rings (SSSR count). The van der Waals surface area contributed by atoms with Gasteiger partial charge in [-0.05, 0) is 30.3 Å². The van der Waals surface area contributed by atoms with Gasteiger partial charge in [-0.25, -0.2) is 4.68 Å². The van der Waals surface area contributed by atoms with Crippen molar-refractivity contribution < 1.29 is 4.79 Å². The molecule has 22 heavy (non-hydrogen) atoms. The predicted octanol–water partition coefficient (Wildman–Crippen LogP) is 4.43. The largest absolute Gasteiger partial charge is 0.306 e. The van der Waals surface area contributed by atoms with Gasteiger partial charge in [-0.15, -0.1) is 0 Å². The van der Waals surface area contributed by atoms with E-state index in [9.17, 15) is 4.79 Å². The Kier molecular flexibility index (Phi) is 4.13. The van der Waals surface area contributed by atoms with Gasteiger partial charge in [-0.2, -0.15) is 5.10 Å². The number of aromatic nitrogens is 2. The second-order valence-electron chi connectivity index (χ2n) is 4.54. The average molecular weight is 332 g/mol. The van der Waals surface area contributed by atoms with Gasteiger partial charge in [-0.1, -0.05) is 41.4 Å². The third-order valence-corrected chi connectivity index (χ3v) is 3.61. The molecule has 0 atom stereocenters. The number of benzene rings is 2. The van der Waals surface area contributed by atoms with E-state index in [-0.39, 0.29) is 5.91 Å². The number of anilines is 1. The van der Waals surface area contributed by atoms with Gasteiger partial charge < -0.3 is 5.32 Å². The third-order valence-electron chi connectivity index (χ3n) is 3.06. The van der Waals surface area contributed by atoms with Crippen molar-refractivity contribution >= 4 is 34.9 Å². The molecule has 0 unspecified atom stereocenters. The molecule has 2 aromatic carbocycles. The molecule has 1 N–H and O–H groups in total. The first-order valence-electron chi connectivity index (χ1n) is 6.51. The first-order valence-corrected chi connectivity index (χ1v) is 7.26. The normalized spacial score (nSPS) is 10.5. The number of para-hydroxylation sites is 1. The Balaban J connectivity index is 1.88. The van der Waals surface area contributed by atoms with Gasteiger partial charge in [-0.3, -0.25) is 4.79 Å². The van der Waals surface area contributed by atoms with Gasteiger partial charge in [0.1, 0.15) is 5.82 Å². The maximum Gasteiger partial charge on any atom is 0.258 e. The molecule has 0 aliphatic heterocycles. The fourth-order valence-corrected chi connectivity index (χ4v) is 2.52. The van der Waals surface area contributed by atoms with Gasteiger partial charge >= 0.3 is 0 Å². The Labute approximate surface area is 137 Å². The first-order chi connectivity index (χ1) is 10.6. The Hall–Kier alpha value is -2.30. The summed E-state index contributed by atoms with van der Waals surface area (Å²) < 4.78 is 1.64. The van der Waals surface area contributed by atoms with Crippen LogP contribution in [0.2, 0.25) is 10.0 Å². The van der Waals surface area contributed by atoms with Crippen LogP contribution in [0.25, 0.3) is 5.69 Å². The van der Waals surface area contributed by atoms with Crippen LogP contribution >= 0.6 is 23.2 Å². The van der Waals surface area contributed by atoms with Gasteiger partial charge in [0.15, 0.2) is 0 Å². The SMILES string of the molecule is O=C(Nc1ccnn1-c1ccccc1)c1ccc(Cl)cc1Cl. The minimum Gasteiger partial charge on any atom is -0.306 e. The van der Waals surface area contributed by atoms with Crippen LogP contribution in [0.1, 0.15) is 10.4 Å². The molecule has 1 heterocycles. The fraction of sp³-hybridized carbons (Fsp3) is 0. The zero-order chi connectivity index (χ0) is 15.5. The highest BCUT2D eigenvalue weighted by Gasteiger charge is 2.13. The summed E-state index contributed by atoms with van der Waals surface area (Å²) >= 11 is 11.9. The van der Waals surface area contributed by atoms with Crippen molar-refractivity contribution in [2.75, 3.05) is 5.32 Å². The average Bonchev–Trinajstić information content (AvgIpc) is 2.96.